The topological polar surface area (TPSA) is 237 Å². The van der Waals surface area contributed by atoms with Crippen molar-refractivity contribution in [1.29, 1.82) is 0 Å². The van der Waals surface area contributed by atoms with Crippen molar-refractivity contribution in [2.24, 2.45) is 23.7 Å². The largest absolute Gasteiger partial charge is 0.472 e. The van der Waals surface area contributed by atoms with Crippen LogP contribution in [-0.4, -0.2) is 96.7 Å². The van der Waals surface area contributed by atoms with Gasteiger partial charge < -0.3 is 33.8 Å². The molecule has 0 aromatic carbocycles. The molecule has 0 aromatic rings. The molecule has 0 aliphatic rings. The fraction of sp³-hybridized carbons (Fsp3) is 0.951. The minimum Gasteiger partial charge on any atom is -0.462 e. The van der Waals surface area contributed by atoms with Gasteiger partial charge in [0.15, 0.2) is 12.2 Å². The van der Waals surface area contributed by atoms with Gasteiger partial charge in [-0.1, -0.05) is 364 Å². The molecule has 0 radical (unpaired) electrons. The Kier molecular flexibility index (Phi) is 68.7. The van der Waals surface area contributed by atoms with E-state index in [4.69, 9.17) is 37.0 Å². The number of aliphatic hydroxyl groups is 1. The molecule has 0 bridgehead atoms. The second-order valence-corrected chi connectivity index (χ2v) is 34.0. The summed E-state index contributed by atoms with van der Waals surface area (Å²) in [5, 5.41) is 10.6. The summed E-state index contributed by atoms with van der Waals surface area (Å²) in [6.07, 6.45) is 56.9. The third kappa shape index (κ3) is 74.3. The van der Waals surface area contributed by atoms with Crippen LogP contribution in [0.4, 0.5) is 0 Å². The zero-order chi connectivity index (χ0) is 73.8. The number of phosphoric ester groups is 2. The average molecular weight is 1470 g/mol. The Balaban J connectivity index is 5.25. The van der Waals surface area contributed by atoms with Crippen LogP contribution in [0.2, 0.25) is 0 Å². The van der Waals surface area contributed by atoms with Crippen LogP contribution in [0.25, 0.3) is 0 Å². The normalized spacial score (nSPS) is 14.0. The van der Waals surface area contributed by atoms with Crippen molar-refractivity contribution in [3.05, 3.63) is 0 Å². The molecule has 0 heterocycles. The first-order chi connectivity index (χ1) is 48.1. The van der Waals surface area contributed by atoms with Crippen molar-refractivity contribution in [3.8, 4) is 0 Å². The molecule has 0 aliphatic heterocycles. The van der Waals surface area contributed by atoms with Gasteiger partial charge in [0, 0.05) is 25.7 Å². The highest BCUT2D eigenvalue weighted by molar-refractivity contribution is 7.47. The number of esters is 4. The Labute approximate surface area is 613 Å². The summed E-state index contributed by atoms with van der Waals surface area (Å²) in [5.74, 6) is 0.969. The summed E-state index contributed by atoms with van der Waals surface area (Å²) in [4.78, 5) is 73.0. The maximum atomic E-state index is 13.1. The van der Waals surface area contributed by atoms with Gasteiger partial charge in [-0.25, -0.2) is 9.13 Å². The molecular formula is C81H158O17P2. The van der Waals surface area contributed by atoms with Crippen molar-refractivity contribution in [2.45, 2.75) is 433 Å². The Morgan fingerprint density at radius 3 is 0.620 bits per heavy atom. The van der Waals surface area contributed by atoms with Gasteiger partial charge in [-0.15, -0.1) is 0 Å². The predicted molar refractivity (Wildman–Crippen MR) is 409 cm³/mol. The lowest BCUT2D eigenvalue weighted by Crippen LogP contribution is -2.30. The first kappa shape index (κ1) is 98.1. The van der Waals surface area contributed by atoms with Crippen LogP contribution in [0.1, 0.15) is 415 Å². The van der Waals surface area contributed by atoms with E-state index in [1.807, 2.05) is 0 Å². The highest BCUT2D eigenvalue weighted by atomic mass is 31.2. The standard InChI is InChI=1S/C81H158O17P2/c1-71(2)57-49-41-33-26-20-14-10-9-11-17-24-30-38-47-55-63-80(85)97-76(67-91-78(83)61-53-45-37-29-23-16-13-12-15-21-27-34-42-50-58-72(3)4)69-95-99(87,88)93-65-75(82)66-94-100(89,90)96-70-77(68-92-79(84)62-54-46-40-32-36-44-52-60-74(7)8)98-81(86)64-56-48-39-31-25-19-18-22-28-35-43-51-59-73(5)6/h71-77,82H,9-70H2,1-8H3,(H,87,88)(H,89,90)/t75?,76-,77-/m1/s1. The molecule has 100 heavy (non-hydrogen) atoms. The SMILES string of the molecule is CC(C)CCCCCCCCCCCCCCCCCC(=O)O[C@H](COC(=O)CCCCCCCCCCCCCCCCC(C)C)COP(=O)(O)OCC(O)COP(=O)(O)OC[C@@H](COC(=O)CCCCCCCCCC(C)C)OC(=O)CCCCCCCCCCCCCCC(C)C. The molecule has 0 fully saturated rings. The van der Waals surface area contributed by atoms with Gasteiger partial charge in [0.1, 0.15) is 19.3 Å². The van der Waals surface area contributed by atoms with Crippen LogP contribution in [0.5, 0.6) is 0 Å². The number of phosphoric acid groups is 2. The Morgan fingerprint density at radius 1 is 0.250 bits per heavy atom. The lowest BCUT2D eigenvalue weighted by atomic mass is 10.0. The maximum Gasteiger partial charge on any atom is 0.472 e. The Bertz CT molecular complexity index is 1950. The number of aliphatic hydroxyl groups excluding tert-OH is 1. The Morgan fingerprint density at radius 2 is 0.420 bits per heavy atom. The van der Waals surface area contributed by atoms with E-state index in [0.717, 1.165) is 114 Å². The van der Waals surface area contributed by atoms with E-state index < -0.39 is 97.5 Å². The molecule has 19 heteroatoms. The Hall–Kier alpha value is -1.94. The van der Waals surface area contributed by atoms with Crippen LogP contribution in [0.15, 0.2) is 0 Å². The van der Waals surface area contributed by atoms with E-state index in [9.17, 15) is 43.2 Å². The second-order valence-electron chi connectivity index (χ2n) is 31.1. The third-order valence-electron chi connectivity index (χ3n) is 18.8. The number of rotatable bonds is 78. The number of carbonyl (C=O) groups is 4. The van der Waals surface area contributed by atoms with Crippen molar-refractivity contribution in [2.75, 3.05) is 39.6 Å². The van der Waals surface area contributed by atoms with E-state index in [2.05, 4.69) is 55.4 Å². The van der Waals surface area contributed by atoms with Crippen LogP contribution < -0.4 is 0 Å². The lowest BCUT2D eigenvalue weighted by molar-refractivity contribution is -0.161. The zero-order valence-corrected chi connectivity index (χ0v) is 67.6. The highest BCUT2D eigenvalue weighted by Gasteiger charge is 2.30. The number of unbranched alkanes of at least 4 members (excludes halogenated alkanes) is 44. The maximum absolute atomic E-state index is 13.1. The van der Waals surface area contributed by atoms with Crippen LogP contribution in [0, 0.1) is 23.7 Å². The number of ether oxygens (including phenoxy) is 4. The summed E-state index contributed by atoms with van der Waals surface area (Å²) in [6.45, 7) is 14.2. The van der Waals surface area contributed by atoms with Crippen LogP contribution in [0.3, 0.4) is 0 Å². The molecule has 0 saturated carbocycles. The van der Waals surface area contributed by atoms with E-state index >= 15 is 0 Å². The molecule has 0 saturated heterocycles. The molecular weight excluding hydrogens is 1310 g/mol. The van der Waals surface area contributed by atoms with Gasteiger partial charge in [0.05, 0.1) is 26.4 Å². The number of hydrogen-bond acceptors (Lipinski definition) is 15. The second kappa shape index (κ2) is 70.1. The number of carbonyl (C=O) groups excluding carboxylic acids is 4. The summed E-state index contributed by atoms with van der Waals surface area (Å²) >= 11 is 0. The molecule has 0 spiro atoms. The average Bonchev–Trinajstić information content (AvgIpc) is 0.939. The molecule has 0 rings (SSSR count). The molecule has 3 N–H and O–H groups in total. The molecule has 0 aromatic heterocycles. The lowest BCUT2D eigenvalue weighted by Gasteiger charge is -2.21. The van der Waals surface area contributed by atoms with Crippen molar-refractivity contribution >= 4 is 39.5 Å². The smallest absolute Gasteiger partial charge is 0.462 e. The molecule has 594 valence electrons. The summed E-state index contributed by atoms with van der Waals surface area (Å²) in [5.41, 5.74) is 0. The minimum absolute atomic E-state index is 0.106. The fourth-order valence-electron chi connectivity index (χ4n) is 12.4. The van der Waals surface area contributed by atoms with Gasteiger partial charge in [-0.05, 0) is 49.4 Å². The van der Waals surface area contributed by atoms with E-state index in [1.165, 1.54) is 212 Å². The van der Waals surface area contributed by atoms with E-state index in [0.29, 0.717) is 31.6 Å². The first-order valence-corrected chi connectivity index (χ1v) is 44.7. The molecule has 0 amide bonds. The van der Waals surface area contributed by atoms with E-state index in [1.54, 1.807) is 0 Å². The zero-order valence-electron chi connectivity index (χ0n) is 65.8. The van der Waals surface area contributed by atoms with Crippen molar-refractivity contribution < 1.29 is 80.2 Å². The minimum atomic E-state index is -4.96. The summed E-state index contributed by atoms with van der Waals surface area (Å²) < 4.78 is 68.7. The van der Waals surface area contributed by atoms with Gasteiger partial charge in [-0.3, -0.25) is 37.3 Å². The van der Waals surface area contributed by atoms with Crippen molar-refractivity contribution in [1.82, 2.24) is 0 Å². The molecule has 5 atom stereocenters. The summed E-state index contributed by atoms with van der Waals surface area (Å²) in [6, 6.07) is 0. The van der Waals surface area contributed by atoms with Crippen molar-refractivity contribution in [3.63, 3.8) is 0 Å². The fourth-order valence-corrected chi connectivity index (χ4v) is 14.0. The third-order valence-corrected chi connectivity index (χ3v) is 20.7. The van der Waals surface area contributed by atoms with E-state index in [-0.39, 0.29) is 25.7 Å². The summed E-state index contributed by atoms with van der Waals surface area (Å²) in [7, 11) is -9.92. The monoisotopic (exact) mass is 1470 g/mol. The number of hydrogen-bond donors (Lipinski definition) is 3. The van der Waals surface area contributed by atoms with Crippen LogP contribution >= 0.6 is 15.6 Å². The quantitative estimate of drug-likeness (QED) is 0.0222. The predicted octanol–water partition coefficient (Wildman–Crippen LogP) is 24.0. The molecule has 0 aliphatic carbocycles. The van der Waals surface area contributed by atoms with Crippen LogP contribution in [-0.2, 0) is 65.4 Å². The van der Waals surface area contributed by atoms with Gasteiger partial charge in [-0.2, -0.15) is 0 Å². The van der Waals surface area contributed by atoms with Gasteiger partial charge in [0.25, 0.3) is 0 Å². The molecule has 3 unspecified atom stereocenters. The highest BCUT2D eigenvalue weighted by Crippen LogP contribution is 2.45. The van der Waals surface area contributed by atoms with Gasteiger partial charge >= 0.3 is 39.5 Å². The van der Waals surface area contributed by atoms with Gasteiger partial charge in [0.2, 0.25) is 0 Å². The first-order valence-electron chi connectivity index (χ1n) is 41.7. The molecule has 17 nitrogen and oxygen atoms in total.